The third-order valence-corrected chi connectivity index (χ3v) is 15.4. The zero-order valence-corrected chi connectivity index (χ0v) is 58.9. The molecule has 1 saturated heterocycles. The van der Waals surface area contributed by atoms with Crippen LogP contribution < -0.4 is 16.9 Å². The van der Waals surface area contributed by atoms with E-state index in [2.05, 4.69) is 55.8 Å². The van der Waals surface area contributed by atoms with E-state index < -0.39 is 147 Å². The molecule has 0 saturated carbocycles. The summed E-state index contributed by atoms with van der Waals surface area (Å²) in [7, 11) is -0.748. The predicted octanol–water partition coefficient (Wildman–Crippen LogP) is 11.4. The van der Waals surface area contributed by atoms with Crippen LogP contribution in [0.5, 0.6) is 0 Å². The zero-order chi connectivity index (χ0) is 83.6. The van der Waals surface area contributed by atoms with Gasteiger partial charge in [0, 0.05) is 81.1 Å². The Bertz CT molecular complexity index is 4960. The lowest BCUT2D eigenvalue weighted by Gasteiger charge is -2.32. The molecule has 4 aromatic heterocycles. The summed E-state index contributed by atoms with van der Waals surface area (Å²) in [5, 5.41) is 76.1. The van der Waals surface area contributed by atoms with E-state index in [4.69, 9.17) is 57.9 Å². The molecule has 0 bridgehead atoms. The maximum absolute atomic E-state index is 12.6. The summed E-state index contributed by atoms with van der Waals surface area (Å²) in [6.45, 7) is 4.37. The smallest absolute Gasteiger partial charge is 0.478 e. The van der Waals surface area contributed by atoms with Crippen LogP contribution in [0.2, 0.25) is 5.28 Å². The number of hydrogen-bond acceptors (Lipinski definition) is 27. The normalized spacial score (nSPS) is 12.8. The van der Waals surface area contributed by atoms with Crippen molar-refractivity contribution >= 4 is 97.7 Å². The summed E-state index contributed by atoms with van der Waals surface area (Å²) in [6.07, 6.45) is -14.5. The Hall–Kier alpha value is -11.9. The highest BCUT2D eigenvalue weighted by molar-refractivity contribution is 9.10. The minimum atomic E-state index is -4.68. The molecule has 0 unspecified atom stereocenters. The molecule has 1 fully saturated rings. The number of halogens is 14. The number of Topliss-reactive ketones (excluding diaryl/α,β-unsaturated/α-hetero) is 4. The van der Waals surface area contributed by atoms with E-state index >= 15 is 0 Å². The number of hydrogen-bond donors (Lipinski definition) is 7. The largest absolute Gasteiger partial charge is 0.495 e. The van der Waals surface area contributed by atoms with Gasteiger partial charge < -0.3 is 46.3 Å². The van der Waals surface area contributed by atoms with Crippen LogP contribution in [0.1, 0.15) is 102 Å². The molecular weight excluding hydrogens is 1600 g/mol. The van der Waals surface area contributed by atoms with Crippen LogP contribution in [0.4, 0.5) is 81.1 Å². The van der Waals surface area contributed by atoms with E-state index in [1.54, 1.807) is 0 Å². The van der Waals surface area contributed by atoms with Crippen molar-refractivity contribution in [1.29, 1.82) is 0 Å². The summed E-state index contributed by atoms with van der Waals surface area (Å²) >= 11 is 8.19. The van der Waals surface area contributed by atoms with Gasteiger partial charge >= 0.3 is 37.8 Å². The maximum Gasteiger partial charge on any atom is 0.495 e. The van der Waals surface area contributed by atoms with Crippen molar-refractivity contribution in [3.05, 3.63) is 231 Å². The fourth-order valence-corrected chi connectivity index (χ4v) is 9.16. The first-order valence-corrected chi connectivity index (χ1v) is 31.4. The number of nitrogens with two attached hydrogens (primary N) is 2. The number of carbonyl (C=O) groups excluding carboxylic acids is 4. The number of aliphatic hydroxyl groups is 4. The average molecular weight is 1660 g/mol. The second kappa shape index (κ2) is 37.5. The Morgan fingerprint density at radius 2 is 0.748 bits per heavy atom. The van der Waals surface area contributed by atoms with Crippen molar-refractivity contribution in [2.45, 2.75) is 63.6 Å². The Labute approximate surface area is 627 Å². The number of nitrogen functional groups attached to an aromatic ring is 2. The number of carbonyl (C=O) groups is 5. The third kappa shape index (κ3) is 24.6. The summed E-state index contributed by atoms with van der Waals surface area (Å²) in [5.74, 6) is -4.75. The average Bonchev–Trinajstić information content (AvgIpc) is 1.64. The molecule has 0 spiro atoms. The predicted molar refractivity (Wildman–Crippen MR) is 367 cm³/mol. The number of nitro benzene ring substituents is 3. The van der Waals surface area contributed by atoms with E-state index in [0.29, 0.717) is 16.0 Å². The second-order valence-corrected chi connectivity index (χ2v) is 24.0. The monoisotopic (exact) mass is 1660 g/mol. The van der Waals surface area contributed by atoms with Crippen LogP contribution in [0.25, 0.3) is 34.2 Å². The number of benzene rings is 5. The highest BCUT2D eigenvalue weighted by Gasteiger charge is 2.52. The van der Waals surface area contributed by atoms with Crippen LogP contribution in [0.3, 0.4) is 0 Å². The summed E-state index contributed by atoms with van der Waals surface area (Å²) in [4.78, 5) is 114. The van der Waals surface area contributed by atoms with Gasteiger partial charge in [-0.1, -0.05) is 34.1 Å². The molecule has 0 aliphatic carbocycles. The molecule has 1 aliphatic rings. The lowest BCUT2D eigenvalue weighted by atomic mass is 9.78. The lowest BCUT2D eigenvalue weighted by molar-refractivity contribution is -0.385. The number of ketones is 4. The van der Waals surface area contributed by atoms with Crippen LogP contribution >= 0.6 is 27.5 Å². The molecule has 0 atom stereocenters. The van der Waals surface area contributed by atoms with E-state index in [-0.39, 0.29) is 84.7 Å². The number of aliphatic hydroxyl groups excluding tert-OH is 4. The van der Waals surface area contributed by atoms with E-state index in [1.165, 1.54) is 78.9 Å². The van der Waals surface area contributed by atoms with Crippen LogP contribution in [-0.2, 0) is 34.0 Å². The van der Waals surface area contributed by atoms with Crippen molar-refractivity contribution in [2.24, 2.45) is 0 Å². The molecule has 9 N–H and O–H groups in total. The number of carboxylic acid groups (broad SMARTS) is 1. The quantitative estimate of drug-likeness (QED) is 0.00898. The van der Waals surface area contributed by atoms with E-state index in [1.807, 2.05) is 27.7 Å². The van der Waals surface area contributed by atoms with Gasteiger partial charge in [0.1, 0.15) is 49.2 Å². The molecule has 5 aromatic carbocycles. The highest BCUT2D eigenvalue weighted by Crippen LogP contribution is 2.38. The third-order valence-electron chi connectivity index (χ3n) is 14.7. The summed E-state index contributed by atoms with van der Waals surface area (Å²) in [6, 6.07) is 21.9. The van der Waals surface area contributed by atoms with Gasteiger partial charge in [-0.2, -0.15) is 52.7 Å². The molecule has 10 rings (SSSR count). The molecule has 5 heterocycles. The van der Waals surface area contributed by atoms with E-state index in [9.17, 15) is 107 Å². The van der Waals surface area contributed by atoms with Gasteiger partial charge in [-0.15, -0.1) is 0 Å². The number of aromatic nitrogens is 8. The van der Waals surface area contributed by atoms with Gasteiger partial charge in [0.15, 0.2) is 40.6 Å². The molecular formula is C65H52BBrClF12N13O18. The van der Waals surface area contributed by atoms with Gasteiger partial charge in [0.05, 0.1) is 48.2 Å². The topological polar surface area (TPSA) is 490 Å². The zero-order valence-electron chi connectivity index (χ0n) is 56.6. The van der Waals surface area contributed by atoms with E-state index in [0.717, 1.165) is 55.1 Å². The molecule has 586 valence electrons. The molecule has 9 aromatic rings. The van der Waals surface area contributed by atoms with Crippen LogP contribution in [0, 0.1) is 30.3 Å². The van der Waals surface area contributed by atoms with Gasteiger partial charge in [0.2, 0.25) is 5.28 Å². The fraction of sp³-hybridized carbons (Fsp3) is 0.215. The number of nitro groups is 3. The van der Waals surface area contributed by atoms with Gasteiger partial charge in [-0.25, -0.2) is 44.7 Å². The molecule has 0 radical (unpaired) electrons. The Kier molecular flexibility index (Phi) is 30.3. The highest BCUT2D eigenvalue weighted by atomic mass is 79.9. The number of nitrogens with zero attached hydrogens (tertiary/aromatic N) is 11. The first kappa shape index (κ1) is 89.7. The number of anilines is 2. The van der Waals surface area contributed by atoms with Crippen LogP contribution in [0.15, 0.2) is 145 Å². The summed E-state index contributed by atoms with van der Waals surface area (Å²) in [5.41, 5.74) is 4.55. The lowest BCUT2D eigenvalue weighted by Crippen LogP contribution is -2.41. The van der Waals surface area contributed by atoms with Crippen molar-refractivity contribution in [2.75, 3.05) is 37.9 Å². The minimum absolute atomic E-state index is 0.0348. The van der Waals surface area contributed by atoms with Gasteiger partial charge in [-0.3, -0.25) is 49.5 Å². The molecule has 46 heteroatoms. The maximum atomic E-state index is 12.6. The minimum Gasteiger partial charge on any atom is -0.478 e. The van der Waals surface area contributed by atoms with Crippen molar-refractivity contribution in [3.8, 4) is 34.2 Å². The Morgan fingerprint density at radius 1 is 0.450 bits per heavy atom. The Morgan fingerprint density at radius 3 is 1.07 bits per heavy atom. The molecule has 1 aliphatic heterocycles. The van der Waals surface area contributed by atoms with Crippen molar-refractivity contribution < 1.29 is 126 Å². The van der Waals surface area contributed by atoms with Crippen molar-refractivity contribution in [1.82, 2.24) is 39.9 Å². The number of rotatable bonds is 16. The first-order valence-electron chi connectivity index (χ1n) is 30.2. The number of alkyl halides is 12. The second-order valence-electron chi connectivity index (χ2n) is 22.8. The standard InChI is InChI=1S/C14H18BNO6.C13H8F3N3O4.C13H10F3N3O2.C12H8F3N3O2.C8H6BrNO4.C5H2ClF3N2/c1-13(2)14(3,4)22-15(21-13)9-5-6-10(12(18)8-17)11(7-9)16(19)20;14-13(15,16)11-3-4-17-12(18-11)7-1-2-8(10(21)6-20)9(5-7)19(22)23;14-13(15,16)11-3-4-18-12(19-11)7-1-2-8(9(17)5-7)10(21)6-20;13-12(14,15)9-3-4-17-10(18-9)6-1-2-7(11(19)20)8(16)5-6;9-5-1-2-6(8(12)4-11)7(3-5)10(13)14;6-4-10-2-1-3(11-4)5(7,8)9/h5-7,17H,8H2,1-4H3;1-5,20H,6H2;1-5,20H,6,17H2;1-5H,16H2,(H,19,20);1-3,11H,4H2;1-2H. The Balaban J connectivity index is 0.000000242. The van der Waals surface area contributed by atoms with Crippen LogP contribution in [-0.4, -0.2) is 154 Å². The number of carboxylic acids is 1. The molecule has 111 heavy (non-hydrogen) atoms. The van der Waals surface area contributed by atoms with Gasteiger partial charge in [-0.05, 0) is 124 Å². The first-order chi connectivity index (χ1) is 51.5. The van der Waals surface area contributed by atoms with Gasteiger partial charge in [0.25, 0.3) is 17.1 Å². The van der Waals surface area contributed by atoms with Crippen molar-refractivity contribution in [3.63, 3.8) is 0 Å². The molecule has 0 amide bonds. The summed E-state index contributed by atoms with van der Waals surface area (Å²) < 4.78 is 161. The number of aromatic carboxylic acids is 1. The molecule has 31 nitrogen and oxygen atoms in total. The fourth-order valence-electron chi connectivity index (χ4n) is 8.66. The SMILES string of the molecule is CC1(C)OB(c2ccc(C(=O)CO)c([N+](=O)[O-])c2)OC1(C)C.FC(F)(F)c1ccnc(Cl)n1.Nc1cc(-c2nccc(C(F)(F)F)n2)ccc1C(=O)CO.Nc1cc(-c2nccc(C(F)(F)F)n2)ccc1C(=O)O.O=C(CO)c1ccc(-c2nccc(C(F)(F)F)n2)cc1[N+](=O)[O-].O=C(CO)c1ccc(Br)cc1[N+](=O)[O-].